The van der Waals surface area contributed by atoms with Crippen molar-refractivity contribution in [2.24, 2.45) is 0 Å². The van der Waals surface area contributed by atoms with Crippen LogP contribution < -0.4 is 14.8 Å². The molecule has 0 radical (unpaired) electrons. The predicted molar refractivity (Wildman–Crippen MR) is 116 cm³/mol. The quantitative estimate of drug-likeness (QED) is 0.593. The zero-order valence-electron chi connectivity index (χ0n) is 16.2. The van der Waals surface area contributed by atoms with Gasteiger partial charge in [-0.2, -0.15) is 0 Å². The van der Waals surface area contributed by atoms with Crippen molar-refractivity contribution in [1.29, 1.82) is 0 Å². The Labute approximate surface area is 175 Å². The maximum atomic E-state index is 12.6. The minimum absolute atomic E-state index is 0.0111. The summed E-state index contributed by atoms with van der Waals surface area (Å²) in [6, 6.07) is 26.3. The maximum absolute atomic E-state index is 12.6. The maximum Gasteiger partial charge on any atom is 0.231 e. The van der Waals surface area contributed by atoms with Crippen LogP contribution in [0.15, 0.2) is 78.9 Å². The number of amides is 1. The average molecular weight is 406 g/mol. The zero-order valence-corrected chi connectivity index (χ0v) is 17.0. The van der Waals surface area contributed by atoms with Crippen LogP contribution in [0.5, 0.6) is 11.5 Å². The number of carbonyl (C=O) groups is 1. The molecular weight excluding hydrogens is 382 g/mol. The molecule has 4 nitrogen and oxygen atoms in total. The zero-order chi connectivity index (χ0) is 20.1. The molecule has 3 aromatic carbocycles. The molecule has 1 aliphatic rings. The summed E-state index contributed by atoms with van der Waals surface area (Å²) in [6.07, 6.45) is 0. The van der Waals surface area contributed by atoms with Gasteiger partial charge in [0.1, 0.15) is 0 Å². The summed E-state index contributed by atoms with van der Waals surface area (Å²) >= 11 is 1.64. The van der Waals surface area contributed by atoms with E-state index in [1.807, 2.05) is 61.5 Å². The Kier molecular flexibility index (Phi) is 6.06. The fourth-order valence-corrected chi connectivity index (χ4v) is 4.45. The van der Waals surface area contributed by atoms with Gasteiger partial charge in [0.25, 0.3) is 0 Å². The van der Waals surface area contributed by atoms with Crippen molar-refractivity contribution in [2.75, 3.05) is 12.5 Å². The van der Waals surface area contributed by atoms with Crippen LogP contribution in [0.3, 0.4) is 0 Å². The van der Waals surface area contributed by atoms with Crippen molar-refractivity contribution in [3.05, 3.63) is 95.6 Å². The summed E-state index contributed by atoms with van der Waals surface area (Å²) < 4.78 is 10.8. The van der Waals surface area contributed by atoms with Gasteiger partial charge in [0, 0.05) is 0 Å². The van der Waals surface area contributed by atoms with Crippen LogP contribution in [0, 0.1) is 0 Å². The summed E-state index contributed by atoms with van der Waals surface area (Å²) in [6.45, 7) is 2.22. The molecule has 0 spiro atoms. The van der Waals surface area contributed by atoms with Gasteiger partial charge < -0.3 is 14.8 Å². The lowest BCUT2D eigenvalue weighted by Crippen LogP contribution is -2.28. The van der Waals surface area contributed by atoms with Crippen molar-refractivity contribution in [2.45, 2.75) is 18.2 Å². The van der Waals surface area contributed by atoms with Crippen LogP contribution in [-0.4, -0.2) is 18.5 Å². The van der Waals surface area contributed by atoms with Crippen LogP contribution in [0.25, 0.3) is 0 Å². The summed E-state index contributed by atoms with van der Waals surface area (Å²) in [5.74, 6) is 1.86. The normalized spacial score (nSPS) is 13.3. The molecule has 0 unspecified atom stereocenters. The lowest BCUT2D eigenvalue weighted by molar-refractivity contribution is -0.119. The molecule has 29 heavy (non-hydrogen) atoms. The van der Waals surface area contributed by atoms with Crippen molar-refractivity contribution in [3.63, 3.8) is 0 Å². The highest BCUT2D eigenvalue weighted by molar-refractivity contribution is 8.00. The molecule has 1 N–H and O–H groups in total. The van der Waals surface area contributed by atoms with Crippen molar-refractivity contribution in [3.8, 4) is 11.5 Å². The first-order valence-electron chi connectivity index (χ1n) is 9.61. The van der Waals surface area contributed by atoms with E-state index in [-0.39, 0.29) is 24.0 Å². The minimum Gasteiger partial charge on any atom is -0.454 e. The summed E-state index contributed by atoms with van der Waals surface area (Å²) in [5, 5.41) is 3.20. The number of fused-ring (bicyclic) bond motifs is 1. The molecule has 0 fully saturated rings. The van der Waals surface area contributed by atoms with Gasteiger partial charge in [-0.25, -0.2) is 0 Å². The van der Waals surface area contributed by atoms with Crippen molar-refractivity contribution >= 4 is 17.7 Å². The highest BCUT2D eigenvalue weighted by atomic mass is 32.2. The van der Waals surface area contributed by atoms with Crippen LogP contribution in [0.4, 0.5) is 0 Å². The molecule has 0 aromatic heterocycles. The first-order valence-corrected chi connectivity index (χ1v) is 10.7. The number of benzene rings is 3. The molecule has 0 aliphatic carbocycles. The van der Waals surface area contributed by atoms with Gasteiger partial charge in [0.05, 0.1) is 17.0 Å². The minimum atomic E-state index is -0.107. The third kappa shape index (κ3) is 4.74. The van der Waals surface area contributed by atoms with E-state index < -0.39 is 0 Å². The Morgan fingerprint density at radius 2 is 1.52 bits per heavy atom. The largest absolute Gasteiger partial charge is 0.454 e. The molecule has 1 aliphatic heterocycles. The van der Waals surface area contributed by atoms with Gasteiger partial charge in [0.2, 0.25) is 12.7 Å². The third-order valence-corrected chi connectivity index (χ3v) is 6.17. The monoisotopic (exact) mass is 405 g/mol. The van der Waals surface area contributed by atoms with Crippen LogP contribution in [-0.2, 0) is 4.79 Å². The first-order chi connectivity index (χ1) is 14.2. The fourth-order valence-electron chi connectivity index (χ4n) is 3.35. The van der Waals surface area contributed by atoms with Gasteiger partial charge in [-0.05, 0) is 35.7 Å². The molecule has 148 valence electrons. The van der Waals surface area contributed by atoms with Crippen LogP contribution in [0.2, 0.25) is 0 Å². The van der Waals surface area contributed by atoms with Gasteiger partial charge in [0.15, 0.2) is 11.5 Å². The summed E-state index contributed by atoms with van der Waals surface area (Å²) in [4.78, 5) is 12.6. The fraction of sp³-hybridized carbons (Fsp3) is 0.208. The van der Waals surface area contributed by atoms with E-state index >= 15 is 0 Å². The Morgan fingerprint density at radius 1 is 0.897 bits per heavy atom. The Balaban J connectivity index is 1.40. The van der Waals surface area contributed by atoms with Gasteiger partial charge >= 0.3 is 0 Å². The number of nitrogens with one attached hydrogen (secondary N) is 1. The number of rotatable bonds is 7. The van der Waals surface area contributed by atoms with E-state index in [1.165, 1.54) is 11.1 Å². The van der Waals surface area contributed by atoms with Crippen LogP contribution in [0.1, 0.15) is 34.9 Å². The Bertz CT molecular complexity index is 923. The second-order valence-corrected chi connectivity index (χ2v) is 8.01. The molecule has 3 aromatic rings. The number of ether oxygens (including phenoxy) is 2. The predicted octanol–water partition coefficient (Wildman–Crippen LogP) is 5.12. The van der Waals surface area contributed by atoms with Gasteiger partial charge in [-0.1, -0.05) is 66.7 Å². The molecule has 1 amide bonds. The van der Waals surface area contributed by atoms with Crippen molar-refractivity contribution in [1.82, 2.24) is 5.32 Å². The highest BCUT2D eigenvalue weighted by Gasteiger charge is 2.19. The molecule has 4 rings (SSSR count). The SMILES string of the molecule is C[C@@H](NC(=O)CSC(c1ccccc1)c1ccccc1)c1ccc2c(c1)OCO2. The second kappa shape index (κ2) is 9.05. The lowest BCUT2D eigenvalue weighted by atomic mass is 10.0. The highest BCUT2D eigenvalue weighted by Crippen LogP contribution is 2.36. The molecule has 1 heterocycles. The average Bonchev–Trinajstić information content (AvgIpc) is 3.23. The third-order valence-electron chi connectivity index (χ3n) is 4.86. The van der Waals surface area contributed by atoms with Crippen LogP contribution >= 0.6 is 11.8 Å². The summed E-state index contributed by atoms with van der Waals surface area (Å²) in [7, 11) is 0. The van der Waals surface area contributed by atoms with E-state index in [4.69, 9.17) is 9.47 Å². The van der Waals surface area contributed by atoms with Gasteiger partial charge in [-0.15, -0.1) is 11.8 Å². The number of hydrogen-bond donors (Lipinski definition) is 1. The molecule has 0 saturated carbocycles. The Hall–Kier alpha value is -2.92. The lowest BCUT2D eigenvalue weighted by Gasteiger charge is -2.19. The van der Waals surface area contributed by atoms with E-state index in [2.05, 4.69) is 29.6 Å². The second-order valence-electron chi connectivity index (χ2n) is 6.91. The topological polar surface area (TPSA) is 47.6 Å². The standard InChI is InChI=1S/C24H23NO3S/c1-17(20-12-13-21-22(14-20)28-16-27-21)25-23(26)15-29-24(18-8-4-2-5-9-18)19-10-6-3-7-11-19/h2-14,17,24H,15-16H2,1H3,(H,25,26)/t17-/m1/s1. The van der Waals surface area contributed by atoms with E-state index in [0.29, 0.717) is 5.75 Å². The van der Waals surface area contributed by atoms with Gasteiger partial charge in [-0.3, -0.25) is 4.79 Å². The molecule has 0 bridgehead atoms. The molecule has 5 heteroatoms. The van der Waals surface area contributed by atoms with E-state index in [9.17, 15) is 4.79 Å². The summed E-state index contributed by atoms with van der Waals surface area (Å²) in [5.41, 5.74) is 3.39. The van der Waals surface area contributed by atoms with Crippen molar-refractivity contribution < 1.29 is 14.3 Å². The Morgan fingerprint density at radius 3 is 2.17 bits per heavy atom. The number of hydrogen-bond acceptors (Lipinski definition) is 4. The van der Waals surface area contributed by atoms with E-state index in [0.717, 1.165) is 17.1 Å². The number of carbonyl (C=O) groups excluding carboxylic acids is 1. The molecular formula is C24H23NO3S. The molecule has 1 atom stereocenters. The first kappa shape index (κ1) is 19.4. The smallest absolute Gasteiger partial charge is 0.231 e. The van der Waals surface area contributed by atoms with E-state index in [1.54, 1.807) is 11.8 Å². The number of thioether (sulfide) groups is 1. The molecule has 0 saturated heterocycles.